The van der Waals surface area contributed by atoms with Crippen LogP contribution < -0.4 is 5.32 Å². The summed E-state index contributed by atoms with van der Waals surface area (Å²) in [5.41, 5.74) is 0.920. The lowest BCUT2D eigenvalue weighted by molar-refractivity contribution is 0.0917. The highest BCUT2D eigenvalue weighted by molar-refractivity contribution is 6.03. The molecule has 2 aromatic rings. The summed E-state index contributed by atoms with van der Waals surface area (Å²) in [5, 5.41) is 12.2. The Labute approximate surface area is 141 Å². The molecule has 0 bridgehead atoms. The first-order chi connectivity index (χ1) is 11.3. The molecule has 0 spiro atoms. The van der Waals surface area contributed by atoms with Crippen molar-refractivity contribution < 1.29 is 9.59 Å². The fraction of sp³-hybridized carbons (Fsp3) is 0.263. The van der Waals surface area contributed by atoms with Gasteiger partial charge in [-0.05, 0) is 45.0 Å². The minimum atomic E-state index is -0.958. The van der Waals surface area contributed by atoms with Gasteiger partial charge in [0.25, 0.3) is 5.91 Å². The largest absolute Gasteiger partial charge is 0.347 e. The monoisotopic (exact) mass is 321 g/mol. The van der Waals surface area contributed by atoms with E-state index in [1.54, 1.807) is 48.7 Å². The normalized spacial score (nSPS) is 12.1. The molecule has 122 valence electrons. The second-order valence-electron chi connectivity index (χ2n) is 6.46. The third-order valence-electron chi connectivity index (χ3n) is 3.29. The van der Waals surface area contributed by atoms with Crippen LogP contribution in [0.3, 0.4) is 0 Å². The van der Waals surface area contributed by atoms with Crippen molar-refractivity contribution in [3.8, 4) is 6.07 Å². The number of nitrogens with one attached hydrogen (secondary N) is 1. The van der Waals surface area contributed by atoms with Crippen LogP contribution in [0.1, 0.15) is 53.1 Å². The van der Waals surface area contributed by atoms with Gasteiger partial charge in [-0.1, -0.05) is 18.2 Å². The first-order valence-corrected chi connectivity index (χ1v) is 7.59. The van der Waals surface area contributed by atoms with Crippen molar-refractivity contribution in [3.63, 3.8) is 0 Å². The maximum absolute atomic E-state index is 12.5. The molecular formula is C19H19N3O2. The lowest BCUT2D eigenvalue weighted by atomic mass is 9.94. The van der Waals surface area contributed by atoms with E-state index in [-0.39, 0.29) is 17.2 Å². The Morgan fingerprint density at radius 3 is 2.21 bits per heavy atom. The lowest BCUT2D eigenvalue weighted by Gasteiger charge is -2.20. The number of aromatic nitrogens is 1. The Hall–Kier alpha value is -3.00. The molecule has 1 heterocycles. The van der Waals surface area contributed by atoms with Gasteiger partial charge in [0.2, 0.25) is 0 Å². The van der Waals surface area contributed by atoms with Crippen LogP contribution in [-0.4, -0.2) is 22.2 Å². The number of pyridine rings is 1. The van der Waals surface area contributed by atoms with Gasteiger partial charge in [-0.2, -0.15) is 5.26 Å². The summed E-state index contributed by atoms with van der Waals surface area (Å²) >= 11 is 0. The van der Waals surface area contributed by atoms with Gasteiger partial charge in [-0.25, -0.2) is 0 Å². The topological polar surface area (TPSA) is 82.9 Å². The maximum Gasteiger partial charge on any atom is 0.251 e. The highest BCUT2D eigenvalue weighted by Gasteiger charge is 2.23. The van der Waals surface area contributed by atoms with Crippen LogP contribution in [-0.2, 0) is 0 Å². The SMILES string of the molecule is CC(C)(C)NC(=O)c1ccc(C(=O)C(C#N)c2ccccn2)cc1. The van der Waals surface area contributed by atoms with E-state index >= 15 is 0 Å². The third-order valence-corrected chi connectivity index (χ3v) is 3.29. The minimum Gasteiger partial charge on any atom is -0.347 e. The molecule has 5 nitrogen and oxygen atoms in total. The molecule has 0 fully saturated rings. The highest BCUT2D eigenvalue weighted by atomic mass is 16.1. The molecular weight excluding hydrogens is 302 g/mol. The quantitative estimate of drug-likeness (QED) is 0.877. The second-order valence-corrected chi connectivity index (χ2v) is 6.46. The molecule has 2 rings (SSSR count). The fourth-order valence-electron chi connectivity index (χ4n) is 2.17. The average Bonchev–Trinajstić information content (AvgIpc) is 2.55. The Morgan fingerprint density at radius 1 is 1.08 bits per heavy atom. The zero-order chi connectivity index (χ0) is 17.7. The first kappa shape index (κ1) is 17.4. The van der Waals surface area contributed by atoms with Crippen LogP contribution in [0, 0.1) is 11.3 Å². The molecule has 1 amide bonds. The summed E-state index contributed by atoms with van der Waals surface area (Å²) in [6.45, 7) is 5.69. The number of rotatable bonds is 4. The predicted molar refractivity (Wildman–Crippen MR) is 90.6 cm³/mol. The van der Waals surface area contributed by atoms with Crippen molar-refractivity contribution in [1.82, 2.24) is 10.3 Å². The van der Waals surface area contributed by atoms with Crippen LogP contribution in [0.15, 0.2) is 48.7 Å². The Balaban J connectivity index is 2.20. The minimum absolute atomic E-state index is 0.206. The van der Waals surface area contributed by atoms with Crippen LogP contribution in [0.25, 0.3) is 0 Å². The molecule has 24 heavy (non-hydrogen) atoms. The molecule has 0 aliphatic carbocycles. The number of hydrogen-bond acceptors (Lipinski definition) is 4. The number of carbonyl (C=O) groups excluding carboxylic acids is 2. The second kappa shape index (κ2) is 7.05. The van der Waals surface area contributed by atoms with E-state index in [4.69, 9.17) is 0 Å². The van der Waals surface area contributed by atoms with E-state index in [0.717, 1.165) is 0 Å². The summed E-state index contributed by atoms with van der Waals surface area (Å²) in [5.74, 6) is -1.50. The molecule has 0 saturated carbocycles. The van der Waals surface area contributed by atoms with E-state index in [0.29, 0.717) is 16.8 Å². The molecule has 0 radical (unpaired) electrons. The van der Waals surface area contributed by atoms with Crippen molar-refractivity contribution in [2.75, 3.05) is 0 Å². The van der Waals surface area contributed by atoms with Crippen molar-refractivity contribution in [1.29, 1.82) is 5.26 Å². The summed E-state index contributed by atoms with van der Waals surface area (Å²) in [4.78, 5) is 28.7. The molecule has 1 atom stereocenters. The van der Waals surface area contributed by atoms with Crippen LogP contribution >= 0.6 is 0 Å². The van der Waals surface area contributed by atoms with E-state index < -0.39 is 5.92 Å². The number of benzene rings is 1. The van der Waals surface area contributed by atoms with Gasteiger partial charge in [-0.3, -0.25) is 14.6 Å². The van der Waals surface area contributed by atoms with Crippen molar-refractivity contribution in [2.24, 2.45) is 0 Å². The van der Waals surface area contributed by atoms with Gasteiger partial charge in [0.1, 0.15) is 0 Å². The Bertz CT molecular complexity index is 769. The number of Topliss-reactive ketones (excluding diaryl/α,β-unsaturated/α-hetero) is 1. The number of ketones is 1. The molecule has 0 saturated heterocycles. The zero-order valence-corrected chi connectivity index (χ0v) is 13.9. The number of carbonyl (C=O) groups is 2. The van der Waals surface area contributed by atoms with Gasteiger partial charge in [0, 0.05) is 22.9 Å². The van der Waals surface area contributed by atoms with Gasteiger partial charge < -0.3 is 5.32 Å². The zero-order valence-electron chi connectivity index (χ0n) is 13.9. The number of amides is 1. The van der Waals surface area contributed by atoms with Gasteiger partial charge in [-0.15, -0.1) is 0 Å². The Kier molecular flexibility index (Phi) is 5.10. The van der Waals surface area contributed by atoms with Gasteiger partial charge in [0.15, 0.2) is 11.7 Å². The van der Waals surface area contributed by atoms with E-state index in [2.05, 4.69) is 10.3 Å². The third kappa shape index (κ3) is 4.26. The first-order valence-electron chi connectivity index (χ1n) is 7.59. The maximum atomic E-state index is 12.5. The van der Waals surface area contributed by atoms with E-state index in [1.165, 1.54) is 0 Å². The number of nitriles is 1. The standard InChI is InChI=1S/C19H19N3O2/c1-19(2,3)22-18(24)14-9-7-13(8-10-14)17(23)15(12-20)16-6-4-5-11-21-16/h4-11,15H,1-3H3,(H,22,24). The lowest BCUT2D eigenvalue weighted by Crippen LogP contribution is -2.40. The highest BCUT2D eigenvalue weighted by Crippen LogP contribution is 2.19. The average molecular weight is 321 g/mol. The molecule has 1 unspecified atom stereocenters. The predicted octanol–water partition coefficient (Wildman–Crippen LogP) is 3.10. The Morgan fingerprint density at radius 2 is 1.71 bits per heavy atom. The van der Waals surface area contributed by atoms with E-state index in [9.17, 15) is 14.9 Å². The molecule has 1 aromatic heterocycles. The smallest absolute Gasteiger partial charge is 0.251 e. The number of hydrogen-bond donors (Lipinski definition) is 1. The molecule has 0 aliphatic rings. The number of nitrogens with zero attached hydrogens (tertiary/aromatic N) is 2. The van der Waals surface area contributed by atoms with Crippen LogP contribution in [0.4, 0.5) is 0 Å². The summed E-state index contributed by atoms with van der Waals surface area (Å²) < 4.78 is 0. The summed E-state index contributed by atoms with van der Waals surface area (Å²) in [7, 11) is 0. The van der Waals surface area contributed by atoms with Crippen molar-refractivity contribution in [2.45, 2.75) is 32.2 Å². The fourth-order valence-corrected chi connectivity index (χ4v) is 2.17. The molecule has 1 aromatic carbocycles. The van der Waals surface area contributed by atoms with Gasteiger partial charge in [0.05, 0.1) is 11.8 Å². The summed E-state index contributed by atoms with van der Waals surface area (Å²) in [6, 6.07) is 13.4. The van der Waals surface area contributed by atoms with Crippen molar-refractivity contribution in [3.05, 3.63) is 65.5 Å². The molecule has 5 heteroatoms. The van der Waals surface area contributed by atoms with E-state index in [1.807, 2.05) is 26.8 Å². The molecule has 0 aliphatic heterocycles. The van der Waals surface area contributed by atoms with Crippen LogP contribution in [0.2, 0.25) is 0 Å². The molecule has 1 N–H and O–H groups in total. The van der Waals surface area contributed by atoms with Gasteiger partial charge >= 0.3 is 0 Å². The van der Waals surface area contributed by atoms with Crippen LogP contribution in [0.5, 0.6) is 0 Å². The van der Waals surface area contributed by atoms with Crippen molar-refractivity contribution >= 4 is 11.7 Å². The summed E-state index contributed by atoms with van der Waals surface area (Å²) in [6.07, 6.45) is 1.55.